The van der Waals surface area contributed by atoms with E-state index >= 15 is 0 Å². The molecule has 3 nitrogen and oxygen atoms in total. The smallest absolute Gasteiger partial charge is 0.252 e. The second-order valence-electron chi connectivity index (χ2n) is 4.99. The Labute approximate surface area is 129 Å². The maximum absolute atomic E-state index is 13.0. The van der Waals surface area contributed by atoms with Crippen molar-refractivity contribution in [3.63, 3.8) is 0 Å². The molecule has 0 aromatic heterocycles. The van der Waals surface area contributed by atoms with Crippen molar-refractivity contribution in [2.24, 2.45) is 0 Å². The number of hydrogen-bond acceptors (Lipinski definition) is 2. The van der Waals surface area contributed by atoms with Crippen LogP contribution in [0, 0.1) is 5.82 Å². The third-order valence-electron chi connectivity index (χ3n) is 3.34. The van der Waals surface area contributed by atoms with Gasteiger partial charge < -0.3 is 5.32 Å². The highest BCUT2D eigenvalue weighted by Gasteiger charge is 2.17. The number of amides is 1. The Morgan fingerprint density at radius 3 is 2.27 bits per heavy atom. The lowest BCUT2D eigenvalue weighted by Gasteiger charge is -2.09. The summed E-state index contributed by atoms with van der Waals surface area (Å²) in [5, 5.41) is 2.80. The monoisotopic (exact) mass is 299 g/mol. The highest BCUT2D eigenvalue weighted by atomic mass is 19.1. The van der Waals surface area contributed by atoms with Crippen LogP contribution in [0.5, 0.6) is 0 Å². The molecule has 0 saturated heterocycles. The molecule has 0 heterocycles. The van der Waals surface area contributed by atoms with E-state index in [1.54, 1.807) is 24.3 Å². The molecule has 0 spiro atoms. The van der Waals surface area contributed by atoms with E-state index in [1.165, 1.54) is 24.3 Å². The van der Waals surface area contributed by atoms with Crippen LogP contribution in [0.1, 0.15) is 46.0 Å². The zero-order valence-corrected chi connectivity index (χ0v) is 12.4. The first-order valence-corrected chi connectivity index (χ1v) is 7.31. The van der Waals surface area contributed by atoms with Crippen LogP contribution >= 0.6 is 0 Å². The number of benzene rings is 2. The summed E-state index contributed by atoms with van der Waals surface area (Å²) in [6.45, 7) is 2.62. The van der Waals surface area contributed by atoms with E-state index in [9.17, 15) is 14.0 Å². The molecule has 0 unspecified atom stereocenters. The minimum Gasteiger partial charge on any atom is -0.352 e. The largest absolute Gasteiger partial charge is 0.352 e. The third-order valence-corrected chi connectivity index (χ3v) is 3.34. The van der Waals surface area contributed by atoms with E-state index in [4.69, 9.17) is 0 Å². The Kier molecular flexibility index (Phi) is 5.42. The predicted molar refractivity (Wildman–Crippen MR) is 83.5 cm³/mol. The third kappa shape index (κ3) is 3.79. The molecular weight excluding hydrogens is 281 g/mol. The quantitative estimate of drug-likeness (QED) is 0.654. The number of hydrogen-bond donors (Lipinski definition) is 1. The van der Waals surface area contributed by atoms with Crippen molar-refractivity contribution in [1.29, 1.82) is 0 Å². The fraction of sp³-hybridized carbons (Fsp3) is 0.222. The fourth-order valence-corrected chi connectivity index (χ4v) is 2.11. The van der Waals surface area contributed by atoms with Gasteiger partial charge in [0.05, 0.1) is 5.56 Å². The summed E-state index contributed by atoms with van der Waals surface area (Å²) in [6.07, 6.45) is 1.87. The number of carbonyl (C=O) groups excluding carboxylic acids is 2. The van der Waals surface area contributed by atoms with Crippen LogP contribution < -0.4 is 5.32 Å². The van der Waals surface area contributed by atoms with Gasteiger partial charge in [0.2, 0.25) is 0 Å². The first kappa shape index (κ1) is 15.9. The normalized spacial score (nSPS) is 10.3. The first-order chi connectivity index (χ1) is 10.6. The molecule has 0 aliphatic heterocycles. The topological polar surface area (TPSA) is 46.2 Å². The second-order valence-corrected chi connectivity index (χ2v) is 4.99. The molecule has 2 rings (SSSR count). The van der Waals surface area contributed by atoms with Crippen LogP contribution in [0.4, 0.5) is 4.39 Å². The van der Waals surface area contributed by atoms with Crippen LogP contribution in [0.3, 0.4) is 0 Å². The first-order valence-electron chi connectivity index (χ1n) is 7.31. The summed E-state index contributed by atoms with van der Waals surface area (Å²) < 4.78 is 13.0. The summed E-state index contributed by atoms with van der Waals surface area (Å²) >= 11 is 0. The van der Waals surface area contributed by atoms with Gasteiger partial charge in [-0.05, 0) is 36.8 Å². The van der Waals surface area contributed by atoms with Gasteiger partial charge in [-0.15, -0.1) is 0 Å². The van der Waals surface area contributed by atoms with Gasteiger partial charge in [0, 0.05) is 17.7 Å². The molecule has 0 bridgehead atoms. The zero-order chi connectivity index (χ0) is 15.9. The van der Waals surface area contributed by atoms with Crippen molar-refractivity contribution in [2.75, 3.05) is 6.54 Å². The number of unbranched alkanes of at least 4 members (excludes halogenated alkanes) is 1. The molecule has 2 aromatic rings. The van der Waals surface area contributed by atoms with Crippen molar-refractivity contribution in [2.45, 2.75) is 19.8 Å². The van der Waals surface area contributed by atoms with Gasteiger partial charge in [0.15, 0.2) is 5.78 Å². The second kappa shape index (κ2) is 7.50. The van der Waals surface area contributed by atoms with E-state index in [-0.39, 0.29) is 11.7 Å². The van der Waals surface area contributed by atoms with E-state index < -0.39 is 5.82 Å². The maximum Gasteiger partial charge on any atom is 0.252 e. The van der Waals surface area contributed by atoms with Gasteiger partial charge in [-0.2, -0.15) is 0 Å². The molecule has 114 valence electrons. The standard InChI is InChI=1S/C18H18FNO2/c1-2-3-12-20-18(22)16-7-5-4-6-15(16)17(21)13-8-10-14(19)11-9-13/h4-11H,2-3,12H2,1H3,(H,20,22). The minimum absolute atomic E-state index is 0.264. The Hall–Kier alpha value is -2.49. The molecule has 0 aliphatic carbocycles. The van der Waals surface area contributed by atoms with E-state index in [2.05, 4.69) is 5.32 Å². The maximum atomic E-state index is 13.0. The Balaban J connectivity index is 2.25. The lowest BCUT2D eigenvalue weighted by atomic mass is 9.98. The van der Waals surface area contributed by atoms with Gasteiger partial charge >= 0.3 is 0 Å². The van der Waals surface area contributed by atoms with Crippen LogP contribution in [0.25, 0.3) is 0 Å². The zero-order valence-electron chi connectivity index (χ0n) is 12.4. The van der Waals surface area contributed by atoms with Gasteiger partial charge in [-0.25, -0.2) is 4.39 Å². The molecule has 0 saturated carbocycles. The lowest BCUT2D eigenvalue weighted by molar-refractivity contribution is 0.0941. The summed E-state index contributed by atoms with van der Waals surface area (Å²) in [6, 6.07) is 12.0. The fourth-order valence-electron chi connectivity index (χ4n) is 2.11. The Bertz CT molecular complexity index is 665. The van der Waals surface area contributed by atoms with Gasteiger partial charge in [-0.3, -0.25) is 9.59 Å². The van der Waals surface area contributed by atoms with Crippen molar-refractivity contribution >= 4 is 11.7 Å². The van der Waals surface area contributed by atoms with E-state index in [0.29, 0.717) is 23.2 Å². The number of halogens is 1. The molecule has 4 heteroatoms. The van der Waals surface area contributed by atoms with Gasteiger partial charge in [0.1, 0.15) is 5.82 Å². The Morgan fingerprint density at radius 2 is 1.64 bits per heavy atom. The molecular formula is C18H18FNO2. The van der Waals surface area contributed by atoms with Gasteiger partial charge in [-0.1, -0.05) is 31.5 Å². The predicted octanol–water partition coefficient (Wildman–Crippen LogP) is 3.59. The summed E-state index contributed by atoms with van der Waals surface area (Å²) in [4.78, 5) is 24.7. The van der Waals surface area contributed by atoms with Crippen molar-refractivity contribution in [3.05, 3.63) is 71.0 Å². The summed E-state index contributed by atoms with van der Waals surface area (Å²) in [5.41, 5.74) is 1.02. The van der Waals surface area contributed by atoms with Crippen LogP contribution in [0.2, 0.25) is 0 Å². The molecule has 22 heavy (non-hydrogen) atoms. The van der Waals surface area contributed by atoms with Crippen LogP contribution in [0.15, 0.2) is 48.5 Å². The van der Waals surface area contributed by atoms with E-state index in [1.807, 2.05) is 6.92 Å². The SMILES string of the molecule is CCCCNC(=O)c1ccccc1C(=O)c1ccc(F)cc1. The van der Waals surface area contributed by atoms with Crippen molar-refractivity contribution < 1.29 is 14.0 Å². The molecule has 0 fully saturated rings. The number of nitrogens with one attached hydrogen (secondary N) is 1. The highest BCUT2D eigenvalue weighted by molar-refractivity contribution is 6.15. The number of carbonyl (C=O) groups is 2. The molecule has 1 N–H and O–H groups in total. The summed E-state index contributed by atoms with van der Waals surface area (Å²) in [7, 11) is 0. The minimum atomic E-state index is -0.401. The molecule has 0 aliphatic rings. The number of rotatable bonds is 6. The van der Waals surface area contributed by atoms with E-state index in [0.717, 1.165) is 12.8 Å². The average Bonchev–Trinajstić information content (AvgIpc) is 2.55. The van der Waals surface area contributed by atoms with Gasteiger partial charge in [0.25, 0.3) is 5.91 Å². The highest BCUT2D eigenvalue weighted by Crippen LogP contribution is 2.15. The average molecular weight is 299 g/mol. The molecule has 0 atom stereocenters. The molecule has 2 aromatic carbocycles. The molecule has 0 radical (unpaired) electrons. The van der Waals surface area contributed by atoms with Crippen LogP contribution in [-0.4, -0.2) is 18.2 Å². The van der Waals surface area contributed by atoms with Crippen molar-refractivity contribution in [1.82, 2.24) is 5.32 Å². The van der Waals surface area contributed by atoms with Crippen LogP contribution in [-0.2, 0) is 0 Å². The molecule has 1 amide bonds. The van der Waals surface area contributed by atoms with Crippen molar-refractivity contribution in [3.8, 4) is 0 Å². The summed E-state index contributed by atoms with van der Waals surface area (Å²) in [5.74, 6) is -0.956. The Morgan fingerprint density at radius 1 is 1.00 bits per heavy atom. The number of ketones is 1. The lowest BCUT2D eigenvalue weighted by Crippen LogP contribution is -2.26.